The average Bonchev–Trinajstić information content (AvgIpc) is 3.00. The topological polar surface area (TPSA) is 95.7 Å². The van der Waals surface area contributed by atoms with Gasteiger partial charge in [0.1, 0.15) is 11.4 Å². The van der Waals surface area contributed by atoms with Gasteiger partial charge < -0.3 is 9.47 Å². The molecule has 0 N–H and O–H groups in total. The van der Waals surface area contributed by atoms with Crippen molar-refractivity contribution in [2.75, 3.05) is 6.79 Å². The molecule has 0 spiro atoms. The number of ether oxygens (including phenoxy) is 2. The number of nitro benzene ring substituents is 1. The maximum Gasteiger partial charge on any atom is 0.284 e. The van der Waals surface area contributed by atoms with Crippen LogP contribution < -0.4 is 9.47 Å². The Labute approximate surface area is 128 Å². The number of nitrogens with zero attached hydrogens (tertiary/aromatic N) is 1. The lowest BCUT2D eigenvalue weighted by molar-refractivity contribution is -0.385. The molecule has 3 rings (SSSR count). The predicted octanol–water partition coefficient (Wildman–Crippen LogP) is 2.53. The van der Waals surface area contributed by atoms with Crippen LogP contribution in [-0.4, -0.2) is 23.3 Å². The molecule has 1 heterocycles. The monoisotopic (exact) mass is 317 g/mol. The van der Waals surface area contributed by atoms with E-state index in [2.05, 4.69) is 0 Å². The first-order chi connectivity index (χ1) is 11.0. The Bertz CT molecular complexity index is 831. The number of carbonyl (C=O) groups excluding carboxylic acids is 2. The lowest BCUT2D eigenvalue weighted by atomic mass is 9.99. The van der Waals surface area contributed by atoms with Crippen molar-refractivity contribution in [3.05, 3.63) is 63.5 Å². The summed E-state index contributed by atoms with van der Waals surface area (Å²) in [6.07, 6.45) is 0. The predicted molar refractivity (Wildman–Crippen MR) is 74.3 cm³/mol. The van der Waals surface area contributed by atoms with Gasteiger partial charge in [0, 0.05) is 11.6 Å². The van der Waals surface area contributed by atoms with Crippen molar-refractivity contribution in [1.82, 2.24) is 0 Å². The van der Waals surface area contributed by atoms with Gasteiger partial charge >= 0.3 is 0 Å². The summed E-state index contributed by atoms with van der Waals surface area (Å²) in [6, 6.07) is 6.45. The van der Waals surface area contributed by atoms with Gasteiger partial charge in [-0.1, -0.05) is 0 Å². The summed E-state index contributed by atoms with van der Waals surface area (Å²) in [6.45, 7) is -0.129. The zero-order valence-corrected chi connectivity index (χ0v) is 11.4. The van der Waals surface area contributed by atoms with Gasteiger partial charge in [0.2, 0.25) is 18.4 Å². The Hall–Kier alpha value is -3.29. The molecule has 0 atom stereocenters. The highest BCUT2D eigenvalue weighted by Crippen LogP contribution is 2.38. The lowest BCUT2D eigenvalue weighted by Gasteiger charge is -2.04. The van der Waals surface area contributed by atoms with Crippen LogP contribution in [0.1, 0.15) is 20.7 Å². The molecule has 116 valence electrons. The quantitative estimate of drug-likeness (QED) is 0.372. The van der Waals surface area contributed by atoms with E-state index in [-0.39, 0.29) is 23.9 Å². The van der Waals surface area contributed by atoms with E-state index in [0.29, 0.717) is 0 Å². The van der Waals surface area contributed by atoms with Crippen LogP contribution in [0.2, 0.25) is 0 Å². The Morgan fingerprint density at radius 1 is 1.04 bits per heavy atom. The van der Waals surface area contributed by atoms with Crippen LogP contribution >= 0.6 is 0 Å². The van der Waals surface area contributed by atoms with Gasteiger partial charge in [-0.05, 0) is 24.3 Å². The van der Waals surface area contributed by atoms with Gasteiger partial charge in [0.15, 0.2) is 11.5 Å². The fraction of sp³-hybridized carbons (Fsp3) is 0.0667. The highest BCUT2D eigenvalue weighted by atomic mass is 19.1. The smallest absolute Gasteiger partial charge is 0.284 e. The first kappa shape index (κ1) is 14.6. The minimum atomic E-state index is -1.08. The van der Waals surface area contributed by atoms with Crippen LogP contribution in [0, 0.1) is 15.9 Å². The molecule has 0 unspecified atom stereocenters. The molecule has 0 saturated carbocycles. The second-order valence-corrected chi connectivity index (χ2v) is 4.64. The Morgan fingerprint density at radius 3 is 2.26 bits per heavy atom. The third kappa shape index (κ3) is 2.61. The SMILES string of the molecule is O=C(C(=O)c1cc2c(cc1[N+](=O)[O-])OCO2)c1ccc(F)cc1. The van der Waals surface area contributed by atoms with E-state index in [1.807, 2.05) is 0 Å². The van der Waals surface area contributed by atoms with Gasteiger partial charge in [-0.15, -0.1) is 0 Å². The Kier molecular flexibility index (Phi) is 3.49. The van der Waals surface area contributed by atoms with Crippen LogP contribution in [0.5, 0.6) is 11.5 Å². The summed E-state index contributed by atoms with van der Waals surface area (Å²) < 4.78 is 23.0. The largest absolute Gasteiger partial charge is 0.454 e. The number of rotatable bonds is 4. The normalized spacial score (nSPS) is 12.0. The molecule has 0 saturated heterocycles. The van der Waals surface area contributed by atoms with Crippen molar-refractivity contribution in [1.29, 1.82) is 0 Å². The molecule has 0 bridgehead atoms. The first-order valence-corrected chi connectivity index (χ1v) is 6.40. The lowest BCUT2D eigenvalue weighted by Crippen LogP contribution is -2.16. The van der Waals surface area contributed by atoms with E-state index in [1.54, 1.807) is 0 Å². The molecule has 1 aliphatic heterocycles. The number of hydrogen-bond acceptors (Lipinski definition) is 6. The van der Waals surface area contributed by atoms with Crippen LogP contribution in [0.3, 0.4) is 0 Å². The number of carbonyl (C=O) groups is 2. The van der Waals surface area contributed by atoms with Crippen LogP contribution in [-0.2, 0) is 0 Å². The number of fused-ring (bicyclic) bond motifs is 1. The molecule has 1 aliphatic rings. The Balaban J connectivity index is 2.03. The zero-order valence-electron chi connectivity index (χ0n) is 11.4. The second kappa shape index (κ2) is 5.48. The molecule has 2 aromatic rings. The van der Waals surface area contributed by atoms with E-state index in [1.165, 1.54) is 0 Å². The van der Waals surface area contributed by atoms with E-state index in [9.17, 15) is 24.1 Å². The maximum atomic E-state index is 12.9. The standard InChI is InChI=1S/C15H8FNO6/c16-9-3-1-8(2-4-9)14(18)15(19)10-5-12-13(23-7-22-12)6-11(10)17(20)21/h1-6H,7H2. The van der Waals surface area contributed by atoms with Crippen molar-refractivity contribution in [3.8, 4) is 11.5 Å². The van der Waals surface area contributed by atoms with Crippen molar-refractivity contribution >= 4 is 17.3 Å². The van der Waals surface area contributed by atoms with Crippen molar-refractivity contribution in [2.45, 2.75) is 0 Å². The second-order valence-electron chi connectivity index (χ2n) is 4.64. The molecule has 0 aromatic heterocycles. The van der Waals surface area contributed by atoms with Gasteiger partial charge in [-0.3, -0.25) is 19.7 Å². The van der Waals surface area contributed by atoms with E-state index in [0.717, 1.165) is 36.4 Å². The van der Waals surface area contributed by atoms with Crippen molar-refractivity contribution < 1.29 is 28.4 Å². The van der Waals surface area contributed by atoms with E-state index >= 15 is 0 Å². The minimum absolute atomic E-state index is 0.0663. The van der Waals surface area contributed by atoms with Gasteiger partial charge in [0.05, 0.1) is 11.0 Å². The van der Waals surface area contributed by atoms with Gasteiger partial charge in [-0.2, -0.15) is 0 Å². The molecule has 0 amide bonds. The molecule has 2 aromatic carbocycles. The summed E-state index contributed by atoms with van der Waals surface area (Å²) in [5.74, 6) is -2.36. The van der Waals surface area contributed by atoms with Crippen LogP contribution in [0.15, 0.2) is 36.4 Å². The maximum absolute atomic E-state index is 12.9. The van der Waals surface area contributed by atoms with Crippen LogP contribution in [0.4, 0.5) is 10.1 Å². The summed E-state index contributed by atoms with van der Waals surface area (Å²) in [4.78, 5) is 34.8. The fourth-order valence-electron chi connectivity index (χ4n) is 2.12. The fourth-order valence-corrected chi connectivity index (χ4v) is 2.12. The first-order valence-electron chi connectivity index (χ1n) is 6.40. The van der Waals surface area contributed by atoms with E-state index < -0.39 is 33.6 Å². The van der Waals surface area contributed by atoms with Crippen molar-refractivity contribution in [2.24, 2.45) is 0 Å². The molecule has 0 aliphatic carbocycles. The number of halogens is 1. The molecule has 8 heteroatoms. The van der Waals surface area contributed by atoms with Crippen molar-refractivity contribution in [3.63, 3.8) is 0 Å². The number of Topliss-reactive ketones (excluding diaryl/α,β-unsaturated/α-hetero) is 2. The Morgan fingerprint density at radius 2 is 1.65 bits per heavy atom. The third-order valence-electron chi connectivity index (χ3n) is 3.24. The number of hydrogen-bond donors (Lipinski definition) is 0. The summed E-state index contributed by atoms with van der Waals surface area (Å²) in [7, 11) is 0. The highest BCUT2D eigenvalue weighted by molar-refractivity contribution is 6.50. The average molecular weight is 317 g/mol. The molecular weight excluding hydrogens is 309 g/mol. The van der Waals surface area contributed by atoms with E-state index in [4.69, 9.17) is 9.47 Å². The number of ketones is 2. The minimum Gasteiger partial charge on any atom is -0.454 e. The molecule has 23 heavy (non-hydrogen) atoms. The van der Waals surface area contributed by atoms with Gasteiger partial charge in [-0.25, -0.2) is 4.39 Å². The molecule has 0 radical (unpaired) electrons. The highest BCUT2D eigenvalue weighted by Gasteiger charge is 2.30. The molecular formula is C15H8FNO6. The summed E-state index contributed by atoms with van der Waals surface area (Å²) in [5.41, 5.74) is -1.04. The van der Waals surface area contributed by atoms with Gasteiger partial charge in [0.25, 0.3) is 5.69 Å². The molecule has 7 nitrogen and oxygen atoms in total. The van der Waals surface area contributed by atoms with Crippen LogP contribution in [0.25, 0.3) is 0 Å². The number of benzene rings is 2. The summed E-state index contributed by atoms with van der Waals surface area (Å²) in [5, 5.41) is 11.1. The summed E-state index contributed by atoms with van der Waals surface area (Å²) >= 11 is 0. The zero-order chi connectivity index (χ0) is 16.6. The third-order valence-corrected chi connectivity index (χ3v) is 3.24. The number of nitro groups is 1. The molecule has 0 fully saturated rings.